The fraction of sp³-hybridized carbons (Fsp3) is 0.364. The molecule has 30 heavy (non-hydrogen) atoms. The third kappa shape index (κ3) is 5.67. The van der Waals surface area contributed by atoms with Gasteiger partial charge in [-0.1, -0.05) is 42.5 Å². The first kappa shape index (κ1) is 22.0. The number of hydrogen-bond acceptors (Lipinski definition) is 4. The first-order chi connectivity index (χ1) is 14.4. The Labute approximate surface area is 177 Å². The number of nitrogens with zero attached hydrogens (tertiary/aromatic N) is 1. The Kier molecular flexibility index (Phi) is 7.23. The summed E-state index contributed by atoms with van der Waals surface area (Å²) in [6, 6.07) is 15.5. The number of amides is 2. The number of nitrogens with one attached hydrogen (secondary N) is 2. The molecule has 0 aliphatic carbocycles. The van der Waals surface area contributed by atoms with Gasteiger partial charge in [0.05, 0.1) is 17.4 Å². The number of rotatable bonds is 8. The summed E-state index contributed by atoms with van der Waals surface area (Å²) in [6.07, 6.45) is 1.91. The molecule has 2 N–H and O–H groups in total. The summed E-state index contributed by atoms with van der Waals surface area (Å²) >= 11 is 0. The van der Waals surface area contributed by atoms with Gasteiger partial charge in [0.25, 0.3) is 0 Å². The number of benzene rings is 2. The highest BCUT2D eigenvalue weighted by atomic mass is 32.2. The first-order valence-corrected chi connectivity index (χ1v) is 11.5. The predicted molar refractivity (Wildman–Crippen MR) is 114 cm³/mol. The second-order valence-electron chi connectivity index (χ2n) is 7.40. The summed E-state index contributed by atoms with van der Waals surface area (Å²) in [7, 11) is -3.44. The molecule has 0 saturated carbocycles. The van der Waals surface area contributed by atoms with Crippen molar-refractivity contribution in [3.05, 3.63) is 65.7 Å². The van der Waals surface area contributed by atoms with Crippen molar-refractivity contribution in [1.29, 1.82) is 0 Å². The second kappa shape index (κ2) is 9.86. The Morgan fingerprint density at radius 2 is 1.63 bits per heavy atom. The van der Waals surface area contributed by atoms with Gasteiger partial charge < -0.3 is 10.6 Å². The zero-order chi connectivity index (χ0) is 21.6. The molecule has 1 fully saturated rings. The maximum absolute atomic E-state index is 12.6. The van der Waals surface area contributed by atoms with Crippen LogP contribution < -0.4 is 10.6 Å². The molecule has 0 aromatic heterocycles. The molecule has 0 bridgehead atoms. The second-order valence-corrected chi connectivity index (χ2v) is 9.34. The van der Waals surface area contributed by atoms with Crippen LogP contribution in [0, 0.1) is 0 Å². The van der Waals surface area contributed by atoms with Crippen LogP contribution in [0.5, 0.6) is 0 Å². The van der Waals surface area contributed by atoms with Crippen LogP contribution >= 0.6 is 0 Å². The molecule has 1 aliphatic rings. The molecule has 2 aromatic rings. The van der Waals surface area contributed by atoms with Crippen LogP contribution in [0.1, 0.15) is 43.4 Å². The summed E-state index contributed by atoms with van der Waals surface area (Å²) < 4.78 is 26.7. The van der Waals surface area contributed by atoms with Crippen LogP contribution in [0.4, 0.5) is 0 Å². The van der Waals surface area contributed by atoms with Gasteiger partial charge >= 0.3 is 0 Å². The lowest BCUT2D eigenvalue weighted by Crippen LogP contribution is -2.32. The zero-order valence-corrected chi connectivity index (χ0v) is 17.8. The maximum atomic E-state index is 12.6. The Morgan fingerprint density at radius 1 is 1.00 bits per heavy atom. The summed E-state index contributed by atoms with van der Waals surface area (Å²) in [5.74, 6) is -0.405. The minimum absolute atomic E-state index is 0.116. The lowest BCUT2D eigenvalue weighted by molar-refractivity contribution is -0.122. The number of carbonyl (C=O) groups is 2. The van der Waals surface area contributed by atoms with Crippen LogP contribution in [0.2, 0.25) is 0 Å². The van der Waals surface area contributed by atoms with Crippen LogP contribution in [-0.4, -0.2) is 37.6 Å². The first-order valence-electron chi connectivity index (χ1n) is 10.0. The SMILES string of the molecule is CC(=O)NC(CC(=O)NCc1ccc(S(=O)(=O)N2CCCC2)cc1)c1ccccc1. The Balaban J connectivity index is 1.58. The molecule has 1 saturated heterocycles. The van der Waals surface area contributed by atoms with E-state index in [4.69, 9.17) is 0 Å². The van der Waals surface area contributed by atoms with E-state index in [0.29, 0.717) is 13.1 Å². The van der Waals surface area contributed by atoms with Crippen molar-refractivity contribution in [2.45, 2.75) is 43.7 Å². The van der Waals surface area contributed by atoms with Gasteiger partial charge in [-0.25, -0.2) is 8.42 Å². The van der Waals surface area contributed by atoms with Crippen molar-refractivity contribution in [3.8, 4) is 0 Å². The van der Waals surface area contributed by atoms with E-state index in [-0.39, 0.29) is 29.7 Å². The molecule has 1 aliphatic heterocycles. The molecule has 8 heteroatoms. The average Bonchev–Trinajstić information content (AvgIpc) is 3.28. The van der Waals surface area contributed by atoms with E-state index in [2.05, 4.69) is 10.6 Å². The van der Waals surface area contributed by atoms with Gasteiger partial charge in [0.1, 0.15) is 0 Å². The van der Waals surface area contributed by atoms with E-state index >= 15 is 0 Å². The summed E-state index contributed by atoms with van der Waals surface area (Å²) in [4.78, 5) is 24.2. The largest absolute Gasteiger partial charge is 0.352 e. The van der Waals surface area contributed by atoms with Crippen LogP contribution in [0.15, 0.2) is 59.5 Å². The topological polar surface area (TPSA) is 95.6 Å². The van der Waals surface area contributed by atoms with Gasteiger partial charge in [0, 0.05) is 26.6 Å². The minimum atomic E-state index is -3.44. The molecule has 1 atom stereocenters. The number of sulfonamides is 1. The van der Waals surface area contributed by atoms with Gasteiger partial charge in [0.2, 0.25) is 21.8 Å². The Hall–Kier alpha value is -2.71. The molecule has 7 nitrogen and oxygen atoms in total. The maximum Gasteiger partial charge on any atom is 0.243 e. The fourth-order valence-electron chi connectivity index (χ4n) is 3.50. The summed E-state index contributed by atoms with van der Waals surface area (Å²) in [5, 5.41) is 5.64. The van der Waals surface area contributed by atoms with Crippen LogP contribution in [0.3, 0.4) is 0 Å². The molecule has 160 valence electrons. The van der Waals surface area contributed by atoms with E-state index in [1.807, 2.05) is 30.3 Å². The zero-order valence-electron chi connectivity index (χ0n) is 17.0. The van der Waals surface area contributed by atoms with Crippen molar-refractivity contribution < 1.29 is 18.0 Å². The summed E-state index contributed by atoms with van der Waals surface area (Å²) in [6.45, 7) is 2.84. The summed E-state index contributed by atoms with van der Waals surface area (Å²) in [5.41, 5.74) is 1.67. The highest BCUT2D eigenvalue weighted by Crippen LogP contribution is 2.21. The van der Waals surface area contributed by atoms with Gasteiger partial charge in [-0.15, -0.1) is 0 Å². The normalized spacial score (nSPS) is 15.5. The van der Waals surface area contributed by atoms with E-state index in [0.717, 1.165) is 24.0 Å². The van der Waals surface area contributed by atoms with Gasteiger partial charge in [-0.05, 0) is 36.1 Å². The molecule has 2 aromatic carbocycles. The lowest BCUT2D eigenvalue weighted by Gasteiger charge is -2.18. The monoisotopic (exact) mass is 429 g/mol. The van der Waals surface area contributed by atoms with E-state index in [1.165, 1.54) is 11.2 Å². The van der Waals surface area contributed by atoms with Crippen molar-refractivity contribution in [1.82, 2.24) is 14.9 Å². The average molecular weight is 430 g/mol. The molecule has 3 rings (SSSR count). The van der Waals surface area contributed by atoms with Crippen LogP contribution in [0.25, 0.3) is 0 Å². The minimum Gasteiger partial charge on any atom is -0.352 e. The fourth-order valence-corrected chi connectivity index (χ4v) is 5.02. The third-order valence-corrected chi connectivity index (χ3v) is 7.00. The predicted octanol–water partition coefficient (Wildman–Crippen LogP) is 2.35. The van der Waals surface area contributed by atoms with E-state index in [1.54, 1.807) is 24.3 Å². The smallest absolute Gasteiger partial charge is 0.243 e. The van der Waals surface area contributed by atoms with Crippen molar-refractivity contribution >= 4 is 21.8 Å². The highest BCUT2D eigenvalue weighted by Gasteiger charge is 2.26. The van der Waals surface area contributed by atoms with Gasteiger partial charge in [-0.3, -0.25) is 9.59 Å². The standard InChI is InChI=1S/C22H27N3O4S/c1-17(26)24-21(19-7-3-2-4-8-19)15-22(27)23-16-18-9-11-20(12-10-18)30(28,29)25-13-5-6-14-25/h2-4,7-12,21H,5-6,13-16H2,1H3,(H,23,27)(H,24,26). The van der Waals surface area contributed by atoms with Gasteiger partial charge in [0.15, 0.2) is 0 Å². The quantitative estimate of drug-likeness (QED) is 0.673. The third-order valence-electron chi connectivity index (χ3n) is 5.08. The Bertz CT molecular complexity index is 969. The molecule has 0 radical (unpaired) electrons. The van der Waals surface area contributed by atoms with Gasteiger partial charge in [-0.2, -0.15) is 4.31 Å². The van der Waals surface area contributed by atoms with Crippen molar-refractivity contribution in [2.75, 3.05) is 13.1 Å². The lowest BCUT2D eigenvalue weighted by atomic mass is 10.0. The molecule has 0 spiro atoms. The number of hydrogen-bond donors (Lipinski definition) is 2. The van der Waals surface area contributed by atoms with Crippen LogP contribution in [-0.2, 0) is 26.2 Å². The van der Waals surface area contributed by atoms with E-state index in [9.17, 15) is 18.0 Å². The molecule has 1 heterocycles. The molecule has 2 amide bonds. The van der Waals surface area contributed by atoms with E-state index < -0.39 is 16.1 Å². The number of carbonyl (C=O) groups excluding carboxylic acids is 2. The molecular formula is C22H27N3O4S. The molecule has 1 unspecified atom stereocenters. The highest BCUT2D eigenvalue weighted by molar-refractivity contribution is 7.89. The van der Waals surface area contributed by atoms with Crippen molar-refractivity contribution in [3.63, 3.8) is 0 Å². The molecular weight excluding hydrogens is 402 g/mol. The Morgan fingerprint density at radius 3 is 2.23 bits per heavy atom. The van der Waals surface area contributed by atoms with Crippen molar-refractivity contribution in [2.24, 2.45) is 0 Å².